The molecular formula is C32H44O6S. The predicted octanol–water partition coefficient (Wildman–Crippen LogP) is 6.62. The van der Waals surface area contributed by atoms with Crippen molar-refractivity contribution in [1.29, 1.82) is 0 Å². The minimum Gasteiger partial charge on any atom is -0.472 e. The van der Waals surface area contributed by atoms with Gasteiger partial charge in [0.2, 0.25) is 0 Å². The average Bonchev–Trinajstić information content (AvgIpc) is 3.53. The van der Waals surface area contributed by atoms with E-state index in [1.807, 2.05) is 13.2 Å². The van der Waals surface area contributed by atoms with Gasteiger partial charge in [-0.25, -0.2) is 0 Å². The van der Waals surface area contributed by atoms with Crippen molar-refractivity contribution < 1.29 is 26.9 Å². The lowest BCUT2D eigenvalue weighted by Gasteiger charge is -2.63. The second-order valence-electron chi connectivity index (χ2n) is 13.4. The Balaban J connectivity index is 1.06. The fraction of sp³-hybridized carbons (Fsp3) is 0.688. The standard InChI is InChI=1S/C32H44O6S/c1-22-4-7-26(8-5-22)39(34,35)38-19-18-37-25-10-14-30(2)24(20-25)6-9-29-28(30)11-15-31(3)27(12-16-32(29,31)33)23-13-17-36-21-23/h4-5,7-8,13,17,21,24-25,27-29,33H,6,9-12,14-16,18-20H2,1-3H3/t24?,25?,27?,28-,29-,30+,31-,32-/m1/s1. The number of benzene rings is 1. The third-order valence-electron chi connectivity index (χ3n) is 11.7. The fourth-order valence-corrected chi connectivity index (χ4v) is 10.4. The van der Waals surface area contributed by atoms with Crippen molar-refractivity contribution in [2.24, 2.45) is 28.6 Å². The van der Waals surface area contributed by atoms with E-state index in [0.717, 1.165) is 56.9 Å². The summed E-state index contributed by atoms with van der Waals surface area (Å²) >= 11 is 0. The summed E-state index contributed by atoms with van der Waals surface area (Å²) in [7, 11) is -3.77. The topological polar surface area (TPSA) is 86.0 Å². The number of hydrogen-bond donors (Lipinski definition) is 1. The fourth-order valence-electron chi connectivity index (χ4n) is 9.48. The first-order valence-corrected chi connectivity index (χ1v) is 16.3. The van der Waals surface area contributed by atoms with Gasteiger partial charge in [0.1, 0.15) is 0 Å². The van der Waals surface area contributed by atoms with Crippen molar-refractivity contribution in [3.05, 3.63) is 54.0 Å². The van der Waals surface area contributed by atoms with Crippen LogP contribution in [0.3, 0.4) is 0 Å². The summed E-state index contributed by atoms with van der Waals surface area (Å²) in [6.07, 6.45) is 13.3. The largest absolute Gasteiger partial charge is 0.472 e. The lowest BCUT2D eigenvalue weighted by molar-refractivity contribution is -0.207. The Morgan fingerprint density at radius 2 is 1.74 bits per heavy atom. The van der Waals surface area contributed by atoms with Gasteiger partial charge >= 0.3 is 0 Å². The third kappa shape index (κ3) is 4.52. The molecule has 0 spiro atoms. The number of furan rings is 1. The van der Waals surface area contributed by atoms with Gasteiger partial charge in [-0.2, -0.15) is 8.42 Å². The minimum atomic E-state index is -3.77. The minimum absolute atomic E-state index is 0.0305. The number of fused-ring (bicyclic) bond motifs is 5. The van der Waals surface area contributed by atoms with Crippen LogP contribution in [0.5, 0.6) is 0 Å². The van der Waals surface area contributed by atoms with Crippen LogP contribution in [-0.2, 0) is 19.0 Å². The highest BCUT2D eigenvalue weighted by Crippen LogP contribution is 2.70. The number of aryl methyl sites for hydroxylation is 1. The Morgan fingerprint density at radius 1 is 0.949 bits per heavy atom. The summed E-state index contributed by atoms with van der Waals surface area (Å²) < 4.78 is 41.8. The Labute approximate surface area is 233 Å². The van der Waals surface area contributed by atoms with Crippen molar-refractivity contribution in [3.8, 4) is 0 Å². The Morgan fingerprint density at radius 3 is 2.49 bits per heavy atom. The zero-order valence-corrected chi connectivity index (χ0v) is 24.4. The van der Waals surface area contributed by atoms with E-state index >= 15 is 0 Å². The van der Waals surface area contributed by atoms with Gasteiger partial charge in [0.15, 0.2) is 0 Å². The van der Waals surface area contributed by atoms with Crippen molar-refractivity contribution in [2.45, 2.75) is 101 Å². The summed E-state index contributed by atoms with van der Waals surface area (Å²) in [6, 6.07) is 8.80. The summed E-state index contributed by atoms with van der Waals surface area (Å²) in [5.74, 6) is 1.84. The molecule has 1 heterocycles. The van der Waals surface area contributed by atoms with E-state index in [4.69, 9.17) is 13.3 Å². The van der Waals surface area contributed by atoms with E-state index in [-0.39, 0.29) is 35.0 Å². The molecule has 2 aromatic rings. The average molecular weight is 557 g/mol. The zero-order chi connectivity index (χ0) is 27.5. The normalized spacial score (nSPS) is 40.1. The van der Waals surface area contributed by atoms with Crippen LogP contribution in [0.15, 0.2) is 52.2 Å². The Kier molecular flexibility index (Phi) is 7.05. The first-order valence-electron chi connectivity index (χ1n) is 14.9. The quantitative estimate of drug-likeness (QED) is 0.305. The summed E-state index contributed by atoms with van der Waals surface area (Å²) in [5, 5.41) is 12.4. The van der Waals surface area contributed by atoms with E-state index in [0.29, 0.717) is 23.7 Å². The maximum absolute atomic E-state index is 12.5. The molecule has 0 bridgehead atoms. The molecular weight excluding hydrogens is 512 g/mol. The van der Waals surface area contributed by atoms with Gasteiger partial charge in [-0.1, -0.05) is 31.5 Å². The molecule has 214 valence electrons. The number of ether oxygens (including phenoxy) is 1. The monoisotopic (exact) mass is 556 g/mol. The van der Waals surface area contributed by atoms with E-state index < -0.39 is 15.7 Å². The van der Waals surface area contributed by atoms with Crippen LogP contribution in [0, 0.1) is 35.5 Å². The van der Waals surface area contributed by atoms with Gasteiger partial charge in [-0.3, -0.25) is 4.18 Å². The van der Waals surface area contributed by atoms with Crippen molar-refractivity contribution in [1.82, 2.24) is 0 Å². The second-order valence-corrected chi connectivity index (χ2v) is 15.0. The molecule has 4 saturated carbocycles. The maximum atomic E-state index is 12.5. The molecule has 4 aliphatic carbocycles. The molecule has 1 aromatic heterocycles. The molecule has 1 N–H and O–H groups in total. The van der Waals surface area contributed by atoms with Gasteiger partial charge in [-0.05, 0) is 118 Å². The Hall–Kier alpha value is -1.67. The molecule has 39 heavy (non-hydrogen) atoms. The predicted molar refractivity (Wildman–Crippen MR) is 149 cm³/mol. The molecule has 0 amide bonds. The SMILES string of the molecule is Cc1ccc(S(=O)(=O)OCCOC2CC[C@@]3(C)C(CC[C@@H]4[C@H]3CC[C@]3(C)C(c5ccoc5)CC[C@@]43O)C2)cc1. The van der Waals surface area contributed by atoms with Gasteiger partial charge < -0.3 is 14.3 Å². The van der Waals surface area contributed by atoms with Crippen LogP contribution in [0.2, 0.25) is 0 Å². The highest BCUT2D eigenvalue weighted by molar-refractivity contribution is 7.86. The van der Waals surface area contributed by atoms with Gasteiger partial charge in [0, 0.05) is 5.41 Å². The number of hydrogen-bond acceptors (Lipinski definition) is 6. The van der Waals surface area contributed by atoms with Gasteiger partial charge in [-0.15, -0.1) is 0 Å². The van der Waals surface area contributed by atoms with Crippen LogP contribution in [0.1, 0.15) is 88.7 Å². The summed E-state index contributed by atoms with van der Waals surface area (Å²) in [6.45, 7) is 7.05. The van der Waals surface area contributed by atoms with Gasteiger partial charge in [0.05, 0.1) is 42.3 Å². The van der Waals surface area contributed by atoms with Crippen LogP contribution in [-0.4, -0.2) is 38.4 Å². The first kappa shape index (κ1) is 27.5. The second kappa shape index (κ2) is 10.0. The maximum Gasteiger partial charge on any atom is 0.297 e. The molecule has 4 aliphatic rings. The van der Waals surface area contributed by atoms with Crippen LogP contribution < -0.4 is 0 Å². The van der Waals surface area contributed by atoms with Crippen molar-refractivity contribution in [3.63, 3.8) is 0 Å². The molecule has 0 aliphatic heterocycles. The van der Waals surface area contributed by atoms with E-state index in [9.17, 15) is 13.5 Å². The number of rotatable bonds is 7. The lowest BCUT2D eigenvalue weighted by atomic mass is 9.43. The lowest BCUT2D eigenvalue weighted by Crippen LogP contribution is -2.62. The van der Waals surface area contributed by atoms with Crippen molar-refractivity contribution >= 4 is 10.1 Å². The highest BCUT2D eigenvalue weighted by atomic mass is 32.2. The number of aliphatic hydroxyl groups is 1. The smallest absolute Gasteiger partial charge is 0.297 e. The summed E-state index contributed by atoms with van der Waals surface area (Å²) in [5.41, 5.74) is 1.77. The molecule has 8 atom stereocenters. The first-order chi connectivity index (χ1) is 18.6. The van der Waals surface area contributed by atoms with Crippen molar-refractivity contribution in [2.75, 3.05) is 13.2 Å². The van der Waals surface area contributed by atoms with Gasteiger partial charge in [0.25, 0.3) is 10.1 Å². The van der Waals surface area contributed by atoms with Crippen LogP contribution in [0.25, 0.3) is 0 Å². The molecule has 6 rings (SSSR count). The Bertz CT molecular complexity index is 1260. The van der Waals surface area contributed by atoms with E-state index in [2.05, 4.69) is 19.9 Å². The van der Waals surface area contributed by atoms with E-state index in [1.54, 1.807) is 30.5 Å². The molecule has 0 radical (unpaired) electrons. The zero-order valence-electron chi connectivity index (χ0n) is 23.6. The van der Waals surface area contributed by atoms with Crippen LogP contribution >= 0.6 is 0 Å². The third-order valence-corrected chi connectivity index (χ3v) is 13.1. The summed E-state index contributed by atoms with van der Waals surface area (Å²) in [4.78, 5) is 0.182. The molecule has 3 unspecified atom stereocenters. The molecule has 1 aromatic carbocycles. The van der Waals surface area contributed by atoms with Crippen LogP contribution in [0.4, 0.5) is 0 Å². The molecule has 4 fully saturated rings. The molecule has 7 heteroatoms. The molecule has 0 saturated heterocycles. The van der Waals surface area contributed by atoms with E-state index in [1.165, 1.54) is 12.0 Å². The highest BCUT2D eigenvalue weighted by Gasteiger charge is 2.67. The molecule has 6 nitrogen and oxygen atoms in total.